The quantitative estimate of drug-likeness (QED) is 0.682. The van der Waals surface area contributed by atoms with Gasteiger partial charge in [-0.1, -0.05) is 13.3 Å². The lowest BCUT2D eigenvalue weighted by molar-refractivity contribution is 0.293. The molecule has 0 aliphatic carbocycles. The predicted molar refractivity (Wildman–Crippen MR) is 63.4 cm³/mol. The first-order valence-electron chi connectivity index (χ1n) is 5.61. The van der Waals surface area contributed by atoms with Crippen LogP contribution in [0.4, 0.5) is 0 Å². The third-order valence-corrected chi connectivity index (χ3v) is 4.54. The van der Waals surface area contributed by atoms with Gasteiger partial charge >= 0.3 is 0 Å². The Balaban J connectivity index is 2.63. The number of hydrogen-bond donors (Lipinski definition) is 0. The number of rotatable bonds is 5. The summed E-state index contributed by atoms with van der Waals surface area (Å²) in [7, 11) is -2.85. The third kappa shape index (κ3) is 3.86. The van der Waals surface area contributed by atoms with E-state index >= 15 is 0 Å². The number of unbranched alkanes of at least 4 members (excludes halogenated alkanes) is 1. The summed E-state index contributed by atoms with van der Waals surface area (Å²) < 4.78 is 22.8. The molecule has 16 heavy (non-hydrogen) atoms. The van der Waals surface area contributed by atoms with Crippen LogP contribution in [0.1, 0.15) is 26.2 Å². The van der Waals surface area contributed by atoms with Crippen LogP contribution in [0.2, 0.25) is 0 Å². The molecule has 5 heteroatoms. The van der Waals surface area contributed by atoms with Gasteiger partial charge in [0.1, 0.15) is 0 Å². The fourth-order valence-corrected chi connectivity index (χ4v) is 3.63. The highest BCUT2D eigenvalue weighted by Crippen LogP contribution is 2.18. The van der Waals surface area contributed by atoms with E-state index in [0.717, 1.165) is 19.4 Å². The van der Waals surface area contributed by atoms with Gasteiger partial charge in [0.2, 0.25) is 0 Å². The lowest BCUT2D eigenvalue weighted by Gasteiger charge is -2.26. The molecule has 0 N–H and O–H groups in total. The topological polar surface area (TPSA) is 61.2 Å². The highest BCUT2D eigenvalue weighted by Gasteiger charge is 2.30. The van der Waals surface area contributed by atoms with E-state index in [0.29, 0.717) is 6.42 Å². The summed E-state index contributed by atoms with van der Waals surface area (Å²) >= 11 is 0. The van der Waals surface area contributed by atoms with Gasteiger partial charge in [-0.2, -0.15) is 5.26 Å². The lowest BCUT2D eigenvalue weighted by atomic mass is 10.2. The minimum absolute atomic E-state index is 0.0566. The van der Waals surface area contributed by atoms with Gasteiger partial charge in [-0.3, -0.25) is 0 Å². The molecule has 0 aromatic carbocycles. The largest absolute Gasteiger partial charge is 0.373 e. The predicted octanol–water partition coefficient (Wildman–Crippen LogP) is 1.31. The van der Waals surface area contributed by atoms with Crippen LogP contribution in [0.3, 0.4) is 0 Å². The SMILES string of the molecule is CCCCN(/C=C/C#N)C1CCS(=O)(=O)C1. The molecule has 1 atom stereocenters. The van der Waals surface area contributed by atoms with E-state index < -0.39 is 9.84 Å². The second-order valence-corrected chi connectivity index (χ2v) is 6.32. The van der Waals surface area contributed by atoms with E-state index in [1.54, 1.807) is 6.20 Å². The maximum Gasteiger partial charge on any atom is 0.152 e. The Hall–Kier alpha value is -1.02. The van der Waals surface area contributed by atoms with Crippen LogP contribution in [0.5, 0.6) is 0 Å². The van der Waals surface area contributed by atoms with Crippen molar-refractivity contribution in [2.75, 3.05) is 18.1 Å². The van der Waals surface area contributed by atoms with Gasteiger partial charge in [0.05, 0.1) is 17.6 Å². The van der Waals surface area contributed by atoms with E-state index in [1.165, 1.54) is 6.08 Å². The molecule has 4 nitrogen and oxygen atoms in total. The third-order valence-electron chi connectivity index (χ3n) is 2.79. The van der Waals surface area contributed by atoms with Gasteiger partial charge in [-0.05, 0) is 12.8 Å². The number of nitrogens with zero attached hydrogens (tertiary/aromatic N) is 2. The van der Waals surface area contributed by atoms with Gasteiger partial charge in [-0.25, -0.2) is 8.42 Å². The highest BCUT2D eigenvalue weighted by atomic mass is 32.2. The van der Waals surface area contributed by atoms with Crippen LogP contribution in [-0.4, -0.2) is 37.4 Å². The first kappa shape index (κ1) is 13.0. The minimum atomic E-state index is -2.85. The normalized spacial score (nSPS) is 23.4. The number of hydrogen-bond acceptors (Lipinski definition) is 4. The van der Waals surface area contributed by atoms with Crippen molar-refractivity contribution in [1.82, 2.24) is 4.90 Å². The highest BCUT2D eigenvalue weighted by molar-refractivity contribution is 7.91. The van der Waals surface area contributed by atoms with Gasteiger partial charge < -0.3 is 4.90 Å². The van der Waals surface area contributed by atoms with E-state index in [9.17, 15) is 8.42 Å². The molecule has 0 spiro atoms. The van der Waals surface area contributed by atoms with Crippen LogP contribution in [0.15, 0.2) is 12.3 Å². The monoisotopic (exact) mass is 242 g/mol. The Morgan fingerprint density at radius 1 is 1.56 bits per heavy atom. The molecule has 0 radical (unpaired) electrons. The number of sulfone groups is 1. The summed E-state index contributed by atoms with van der Waals surface area (Å²) in [4.78, 5) is 2.00. The Kier molecular flexibility index (Phi) is 4.81. The average Bonchev–Trinajstić information content (AvgIpc) is 2.59. The summed E-state index contributed by atoms with van der Waals surface area (Å²) in [6.07, 6.45) is 5.91. The Morgan fingerprint density at radius 3 is 2.81 bits per heavy atom. The number of nitriles is 1. The second kappa shape index (κ2) is 5.90. The van der Waals surface area contributed by atoms with Crippen molar-refractivity contribution in [3.63, 3.8) is 0 Å². The zero-order valence-electron chi connectivity index (χ0n) is 9.59. The summed E-state index contributed by atoms with van der Waals surface area (Å²) in [5.74, 6) is 0.507. The van der Waals surface area contributed by atoms with Crippen LogP contribution in [0.25, 0.3) is 0 Å². The van der Waals surface area contributed by atoms with E-state index in [4.69, 9.17) is 5.26 Å². The van der Waals surface area contributed by atoms with E-state index in [2.05, 4.69) is 6.92 Å². The van der Waals surface area contributed by atoms with Crippen LogP contribution in [0, 0.1) is 11.3 Å². The van der Waals surface area contributed by atoms with Crippen molar-refractivity contribution in [2.45, 2.75) is 32.2 Å². The van der Waals surface area contributed by atoms with Crippen molar-refractivity contribution < 1.29 is 8.42 Å². The molecule has 1 rings (SSSR count). The second-order valence-electron chi connectivity index (χ2n) is 4.09. The Bertz CT molecular complexity index is 381. The summed E-state index contributed by atoms with van der Waals surface area (Å²) in [6.45, 7) is 2.92. The molecule has 0 saturated carbocycles. The van der Waals surface area contributed by atoms with Crippen molar-refractivity contribution in [1.29, 1.82) is 5.26 Å². The molecular formula is C11H18N2O2S. The van der Waals surface area contributed by atoms with Gasteiger partial charge in [0.25, 0.3) is 0 Å². The van der Waals surface area contributed by atoms with Gasteiger partial charge in [-0.15, -0.1) is 0 Å². The van der Waals surface area contributed by atoms with Crippen LogP contribution < -0.4 is 0 Å². The fourth-order valence-electron chi connectivity index (χ4n) is 1.89. The van der Waals surface area contributed by atoms with Crippen molar-refractivity contribution in [3.8, 4) is 6.07 Å². The molecule has 0 bridgehead atoms. The molecule has 90 valence electrons. The zero-order valence-corrected chi connectivity index (χ0v) is 10.4. The molecule has 1 saturated heterocycles. The molecule has 1 aliphatic heterocycles. The molecule has 0 aromatic heterocycles. The molecule has 0 aromatic rings. The first-order chi connectivity index (χ1) is 7.59. The van der Waals surface area contributed by atoms with E-state index in [1.807, 2.05) is 11.0 Å². The fraction of sp³-hybridized carbons (Fsp3) is 0.727. The maximum absolute atomic E-state index is 11.4. The molecule has 0 amide bonds. The lowest BCUT2D eigenvalue weighted by Crippen LogP contribution is -2.32. The van der Waals surface area contributed by atoms with Crippen molar-refractivity contribution in [3.05, 3.63) is 12.3 Å². The number of allylic oxidation sites excluding steroid dienone is 1. The molecule has 1 unspecified atom stereocenters. The molecule has 1 aliphatic rings. The van der Waals surface area contributed by atoms with Gasteiger partial charge in [0.15, 0.2) is 9.84 Å². The summed E-state index contributed by atoms with van der Waals surface area (Å²) in [5.41, 5.74) is 0. The minimum Gasteiger partial charge on any atom is -0.373 e. The standard InChI is InChI=1S/C11H18N2O2S/c1-2-3-7-13(8-4-6-12)11-5-9-16(14,15)10-11/h4,8,11H,2-3,5,7,9-10H2,1H3/b8-4+. The van der Waals surface area contributed by atoms with E-state index in [-0.39, 0.29) is 17.5 Å². The van der Waals surface area contributed by atoms with Crippen LogP contribution in [-0.2, 0) is 9.84 Å². The summed E-state index contributed by atoms with van der Waals surface area (Å²) in [6, 6.07) is 2.00. The molecule has 1 fully saturated rings. The Labute approximate surface area is 97.5 Å². The van der Waals surface area contributed by atoms with Crippen molar-refractivity contribution in [2.24, 2.45) is 0 Å². The van der Waals surface area contributed by atoms with Gasteiger partial charge in [0, 0.05) is 24.9 Å². The Morgan fingerprint density at radius 2 is 2.31 bits per heavy atom. The smallest absolute Gasteiger partial charge is 0.152 e. The summed E-state index contributed by atoms with van der Waals surface area (Å²) in [5, 5.41) is 8.50. The zero-order chi connectivity index (χ0) is 12.0. The molecule has 1 heterocycles. The maximum atomic E-state index is 11.4. The van der Waals surface area contributed by atoms with Crippen LogP contribution >= 0.6 is 0 Å². The first-order valence-corrected chi connectivity index (χ1v) is 7.43. The molecular weight excluding hydrogens is 224 g/mol. The van der Waals surface area contributed by atoms with Crippen molar-refractivity contribution >= 4 is 9.84 Å². The average molecular weight is 242 g/mol.